The Morgan fingerprint density at radius 2 is 1.73 bits per heavy atom. The minimum Gasteiger partial charge on any atom is -0.380 e. The molecule has 0 radical (unpaired) electrons. The summed E-state index contributed by atoms with van der Waals surface area (Å²) < 4.78 is 26.6. The van der Waals surface area contributed by atoms with Crippen molar-refractivity contribution in [2.75, 3.05) is 5.32 Å². The molecule has 3 heteroatoms. The van der Waals surface area contributed by atoms with Gasteiger partial charge in [-0.3, -0.25) is 0 Å². The molecule has 0 bridgehead atoms. The van der Waals surface area contributed by atoms with Gasteiger partial charge in [0.1, 0.15) is 11.6 Å². The molecule has 0 saturated carbocycles. The summed E-state index contributed by atoms with van der Waals surface area (Å²) in [5.41, 5.74) is 0.592. The zero-order valence-corrected chi connectivity index (χ0v) is 9.40. The number of hydrogen-bond acceptors (Lipinski definition) is 1. The summed E-state index contributed by atoms with van der Waals surface area (Å²) in [6.45, 7) is 5.59. The molecule has 0 saturated heterocycles. The molecule has 84 valence electrons. The van der Waals surface area contributed by atoms with Gasteiger partial charge in [0.25, 0.3) is 0 Å². The quantitative estimate of drug-likeness (QED) is 0.800. The third-order valence-corrected chi connectivity index (χ3v) is 2.59. The maximum Gasteiger partial charge on any atom is 0.146 e. The van der Waals surface area contributed by atoms with E-state index in [1.54, 1.807) is 6.92 Å². The van der Waals surface area contributed by atoms with Crippen molar-refractivity contribution < 1.29 is 8.78 Å². The van der Waals surface area contributed by atoms with Gasteiger partial charge in [-0.15, -0.1) is 0 Å². The second-order valence-electron chi connectivity index (χ2n) is 3.74. The lowest BCUT2D eigenvalue weighted by Crippen LogP contribution is -2.18. The van der Waals surface area contributed by atoms with Gasteiger partial charge in [-0.2, -0.15) is 0 Å². The normalized spacial score (nSPS) is 10.8. The van der Waals surface area contributed by atoms with Crippen LogP contribution in [0.3, 0.4) is 0 Å². The Balaban J connectivity index is 2.89. The minimum absolute atomic E-state index is 0.196. The smallest absolute Gasteiger partial charge is 0.146 e. The molecule has 1 nitrogen and oxygen atoms in total. The van der Waals surface area contributed by atoms with Gasteiger partial charge in [-0.05, 0) is 31.4 Å². The molecule has 0 fully saturated rings. The fraction of sp³-hybridized carbons (Fsp3) is 0.500. The molecule has 1 aromatic carbocycles. The van der Waals surface area contributed by atoms with Crippen molar-refractivity contribution >= 4 is 5.69 Å². The van der Waals surface area contributed by atoms with Crippen molar-refractivity contribution in [2.45, 2.75) is 39.7 Å². The zero-order chi connectivity index (χ0) is 11.4. The van der Waals surface area contributed by atoms with Crippen LogP contribution in [0.2, 0.25) is 0 Å². The summed E-state index contributed by atoms with van der Waals surface area (Å²) in [5.74, 6) is -0.759. The SMILES string of the molecule is CCC(CC)Nc1cc(F)c(C)cc1F. The molecule has 15 heavy (non-hydrogen) atoms. The van der Waals surface area contributed by atoms with E-state index >= 15 is 0 Å². The van der Waals surface area contributed by atoms with Gasteiger partial charge in [-0.1, -0.05) is 13.8 Å². The topological polar surface area (TPSA) is 12.0 Å². The van der Waals surface area contributed by atoms with E-state index in [0.717, 1.165) is 12.8 Å². The lowest BCUT2D eigenvalue weighted by Gasteiger charge is -2.17. The molecule has 0 unspecified atom stereocenters. The third kappa shape index (κ3) is 2.91. The number of nitrogens with one attached hydrogen (secondary N) is 1. The standard InChI is InChI=1S/C12H17F2N/c1-4-9(5-2)15-12-7-10(13)8(3)6-11(12)14/h6-7,9,15H,4-5H2,1-3H3. The van der Waals surface area contributed by atoms with Crippen LogP contribution in [-0.2, 0) is 0 Å². The second-order valence-corrected chi connectivity index (χ2v) is 3.74. The average Bonchev–Trinajstić information content (AvgIpc) is 2.21. The van der Waals surface area contributed by atoms with Crippen molar-refractivity contribution in [3.63, 3.8) is 0 Å². The van der Waals surface area contributed by atoms with Crippen LogP contribution in [0.5, 0.6) is 0 Å². The van der Waals surface area contributed by atoms with E-state index < -0.39 is 0 Å². The monoisotopic (exact) mass is 213 g/mol. The van der Waals surface area contributed by atoms with E-state index in [2.05, 4.69) is 5.32 Å². The van der Waals surface area contributed by atoms with E-state index in [-0.39, 0.29) is 23.4 Å². The number of aryl methyl sites for hydroxylation is 1. The molecule has 0 aromatic heterocycles. The van der Waals surface area contributed by atoms with Crippen molar-refractivity contribution in [1.82, 2.24) is 0 Å². The third-order valence-electron chi connectivity index (χ3n) is 2.59. The second kappa shape index (κ2) is 5.10. The molecule has 0 aliphatic rings. The Morgan fingerprint density at radius 3 is 2.27 bits per heavy atom. The highest BCUT2D eigenvalue weighted by Gasteiger charge is 2.10. The lowest BCUT2D eigenvalue weighted by atomic mass is 10.1. The Bertz CT molecular complexity index is 333. The van der Waals surface area contributed by atoms with Crippen molar-refractivity contribution in [1.29, 1.82) is 0 Å². The fourth-order valence-electron chi connectivity index (χ4n) is 1.47. The predicted molar refractivity (Wildman–Crippen MR) is 59.1 cm³/mol. The van der Waals surface area contributed by atoms with Crippen LogP contribution >= 0.6 is 0 Å². The van der Waals surface area contributed by atoms with Crippen LogP contribution in [0.15, 0.2) is 12.1 Å². The first-order chi connectivity index (χ1) is 7.08. The number of halogens is 2. The molecule has 0 atom stereocenters. The van der Waals surface area contributed by atoms with Gasteiger partial charge in [0.15, 0.2) is 0 Å². The molecule has 0 aliphatic carbocycles. The molecule has 1 N–H and O–H groups in total. The van der Waals surface area contributed by atoms with Crippen LogP contribution in [0.4, 0.5) is 14.5 Å². The Hall–Kier alpha value is -1.12. The van der Waals surface area contributed by atoms with Crippen LogP contribution in [0.1, 0.15) is 32.3 Å². The highest BCUT2D eigenvalue weighted by atomic mass is 19.1. The average molecular weight is 213 g/mol. The number of anilines is 1. The Kier molecular flexibility index (Phi) is 4.06. The lowest BCUT2D eigenvalue weighted by molar-refractivity contribution is 0.587. The first-order valence-electron chi connectivity index (χ1n) is 5.30. The maximum absolute atomic E-state index is 13.4. The van der Waals surface area contributed by atoms with Crippen LogP contribution in [-0.4, -0.2) is 6.04 Å². The first-order valence-corrected chi connectivity index (χ1v) is 5.30. The molecular formula is C12H17F2N. The summed E-state index contributed by atoms with van der Waals surface area (Å²) in [6, 6.07) is 2.64. The van der Waals surface area contributed by atoms with E-state index in [4.69, 9.17) is 0 Å². The summed E-state index contributed by atoms with van der Waals surface area (Å²) in [7, 11) is 0. The summed E-state index contributed by atoms with van der Waals surface area (Å²) in [4.78, 5) is 0. The molecular weight excluding hydrogens is 196 g/mol. The van der Waals surface area contributed by atoms with Crippen LogP contribution < -0.4 is 5.32 Å². The molecule has 0 spiro atoms. The molecule has 0 aliphatic heterocycles. The highest BCUT2D eigenvalue weighted by molar-refractivity contribution is 5.47. The molecule has 1 rings (SSSR count). The van der Waals surface area contributed by atoms with Crippen molar-refractivity contribution in [3.05, 3.63) is 29.3 Å². The summed E-state index contributed by atoms with van der Waals surface area (Å²) in [5, 5.41) is 3.00. The summed E-state index contributed by atoms with van der Waals surface area (Å²) in [6.07, 6.45) is 1.79. The molecule has 1 aromatic rings. The van der Waals surface area contributed by atoms with Gasteiger partial charge >= 0.3 is 0 Å². The fourth-order valence-corrected chi connectivity index (χ4v) is 1.47. The highest BCUT2D eigenvalue weighted by Crippen LogP contribution is 2.20. The van der Waals surface area contributed by atoms with E-state index in [1.165, 1.54) is 12.1 Å². The van der Waals surface area contributed by atoms with E-state index in [9.17, 15) is 8.78 Å². The van der Waals surface area contributed by atoms with Gasteiger partial charge in [0, 0.05) is 12.1 Å². The van der Waals surface area contributed by atoms with Gasteiger partial charge in [0.05, 0.1) is 5.69 Å². The predicted octanol–water partition coefficient (Wildman–Crippen LogP) is 3.87. The summed E-state index contributed by atoms with van der Waals surface area (Å²) >= 11 is 0. The van der Waals surface area contributed by atoms with Gasteiger partial charge in [-0.25, -0.2) is 8.78 Å². The minimum atomic E-state index is -0.388. The number of rotatable bonds is 4. The van der Waals surface area contributed by atoms with Crippen molar-refractivity contribution in [3.8, 4) is 0 Å². The van der Waals surface area contributed by atoms with Gasteiger partial charge < -0.3 is 5.32 Å². The first kappa shape index (κ1) is 12.0. The van der Waals surface area contributed by atoms with Crippen LogP contribution in [0.25, 0.3) is 0 Å². The molecule has 0 amide bonds. The number of hydrogen-bond donors (Lipinski definition) is 1. The van der Waals surface area contributed by atoms with E-state index in [0.29, 0.717) is 5.56 Å². The zero-order valence-electron chi connectivity index (χ0n) is 9.40. The Labute approximate surface area is 89.5 Å². The van der Waals surface area contributed by atoms with Crippen LogP contribution in [0, 0.1) is 18.6 Å². The largest absolute Gasteiger partial charge is 0.380 e. The molecule has 0 heterocycles. The number of benzene rings is 1. The maximum atomic E-state index is 13.4. The van der Waals surface area contributed by atoms with E-state index in [1.807, 2.05) is 13.8 Å². The van der Waals surface area contributed by atoms with Crippen molar-refractivity contribution in [2.24, 2.45) is 0 Å². The van der Waals surface area contributed by atoms with Gasteiger partial charge in [0.2, 0.25) is 0 Å². The Morgan fingerprint density at radius 1 is 1.13 bits per heavy atom.